The molecule has 4 rings (SSSR count). The molecule has 24 heavy (non-hydrogen) atoms. The standard InChI is InChI=1S/C17H11Cl2N3OS/c18-10-5-6-14-21-11(9-22(14)8-10)7-20-17(23)16-15(19)12-3-1-2-4-13(12)24-16/h1-6,8-9H,7H2,(H,20,23). The number of nitrogens with one attached hydrogen (secondary N) is 1. The molecule has 3 heterocycles. The summed E-state index contributed by atoms with van der Waals surface area (Å²) in [4.78, 5) is 17.4. The number of amides is 1. The second-order valence-electron chi connectivity index (χ2n) is 5.27. The van der Waals surface area contributed by atoms with Gasteiger partial charge in [0, 0.05) is 22.5 Å². The zero-order valence-corrected chi connectivity index (χ0v) is 14.6. The Morgan fingerprint density at radius 2 is 2.00 bits per heavy atom. The fourth-order valence-electron chi connectivity index (χ4n) is 2.51. The first kappa shape index (κ1) is 15.4. The van der Waals surface area contributed by atoms with Crippen LogP contribution in [0, 0.1) is 0 Å². The van der Waals surface area contributed by atoms with Crippen molar-refractivity contribution in [2.75, 3.05) is 0 Å². The molecule has 1 aromatic carbocycles. The highest BCUT2D eigenvalue weighted by Crippen LogP contribution is 2.34. The van der Waals surface area contributed by atoms with E-state index in [1.807, 2.05) is 40.9 Å². The fraction of sp³-hybridized carbons (Fsp3) is 0.0588. The molecule has 0 saturated heterocycles. The summed E-state index contributed by atoms with van der Waals surface area (Å²) in [6.07, 6.45) is 3.62. The Morgan fingerprint density at radius 3 is 2.83 bits per heavy atom. The van der Waals surface area contributed by atoms with Crippen LogP contribution in [0.2, 0.25) is 10.0 Å². The molecule has 7 heteroatoms. The van der Waals surface area contributed by atoms with E-state index in [0.717, 1.165) is 21.4 Å². The molecule has 0 fully saturated rings. The van der Waals surface area contributed by atoms with Gasteiger partial charge in [-0.1, -0.05) is 41.4 Å². The summed E-state index contributed by atoms with van der Waals surface area (Å²) in [5.41, 5.74) is 1.53. The summed E-state index contributed by atoms with van der Waals surface area (Å²) >= 11 is 13.7. The number of pyridine rings is 1. The van der Waals surface area contributed by atoms with Crippen LogP contribution in [0.3, 0.4) is 0 Å². The molecule has 4 nitrogen and oxygen atoms in total. The minimum Gasteiger partial charge on any atom is -0.346 e. The van der Waals surface area contributed by atoms with Crippen LogP contribution in [0.1, 0.15) is 15.4 Å². The highest BCUT2D eigenvalue weighted by molar-refractivity contribution is 7.21. The van der Waals surface area contributed by atoms with Crippen molar-refractivity contribution in [3.05, 3.63) is 69.4 Å². The number of nitrogens with zero attached hydrogens (tertiary/aromatic N) is 2. The van der Waals surface area contributed by atoms with Crippen molar-refractivity contribution in [2.24, 2.45) is 0 Å². The Bertz CT molecular complexity index is 1070. The van der Waals surface area contributed by atoms with Crippen molar-refractivity contribution >= 4 is 56.2 Å². The predicted octanol–water partition coefficient (Wildman–Crippen LogP) is 4.79. The number of fused-ring (bicyclic) bond motifs is 2. The number of thiophene rings is 1. The third kappa shape index (κ3) is 2.75. The van der Waals surface area contributed by atoms with Gasteiger partial charge in [-0.25, -0.2) is 4.98 Å². The van der Waals surface area contributed by atoms with Crippen molar-refractivity contribution in [1.82, 2.24) is 14.7 Å². The molecule has 0 aliphatic heterocycles. The van der Waals surface area contributed by atoms with Crippen LogP contribution in [0.4, 0.5) is 0 Å². The summed E-state index contributed by atoms with van der Waals surface area (Å²) in [6, 6.07) is 11.3. The van der Waals surface area contributed by atoms with E-state index in [1.54, 1.807) is 12.3 Å². The van der Waals surface area contributed by atoms with E-state index in [4.69, 9.17) is 23.2 Å². The molecule has 0 aliphatic carbocycles. The SMILES string of the molecule is O=C(NCc1cn2cc(Cl)ccc2n1)c1sc2ccccc2c1Cl. The number of carbonyl (C=O) groups excluding carboxylic acids is 1. The maximum absolute atomic E-state index is 12.4. The first-order valence-corrected chi connectivity index (χ1v) is 8.77. The molecule has 0 atom stereocenters. The van der Waals surface area contributed by atoms with Gasteiger partial charge in [-0.05, 0) is 18.2 Å². The van der Waals surface area contributed by atoms with Gasteiger partial charge < -0.3 is 9.72 Å². The molecule has 0 saturated carbocycles. The van der Waals surface area contributed by atoms with E-state index in [9.17, 15) is 4.79 Å². The highest BCUT2D eigenvalue weighted by Gasteiger charge is 2.17. The van der Waals surface area contributed by atoms with Crippen molar-refractivity contribution in [1.29, 1.82) is 0 Å². The minimum absolute atomic E-state index is 0.198. The molecule has 1 N–H and O–H groups in total. The van der Waals surface area contributed by atoms with Crippen LogP contribution in [-0.2, 0) is 6.54 Å². The summed E-state index contributed by atoms with van der Waals surface area (Å²) in [5.74, 6) is -0.198. The molecular weight excluding hydrogens is 365 g/mol. The first-order valence-electron chi connectivity index (χ1n) is 7.20. The summed E-state index contributed by atoms with van der Waals surface area (Å²) in [7, 11) is 0. The van der Waals surface area contributed by atoms with Gasteiger partial charge in [0.25, 0.3) is 5.91 Å². The Hall–Kier alpha value is -2.08. The molecular formula is C17H11Cl2N3OS. The Morgan fingerprint density at radius 1 is 1.17 bits per heavy atom. The average Bonchev–Trinajstić information content (AvgIpc) is 3.13. The van der Waals surface area contributed by atoms with Gasteiger partial charge >= 0.3 is 0 Å². The first-order chi connectivity index (χ1) is 11.6. The summed E-state index contributed by atoms with van der Waals surface area (Å²) in [6.45, 7) is 0.322. The lowest BCUT2D eigenvalue weighted by Crippen LogP contribution is -2.22. The van der Waals surface area contributed by atoms with E-state index < -0.39 is 0 Å². The topological polar surface area (TPSA) is 46.4 Å². The largest absolute Gasteiger partial charge is 0.346 e. The number of carbonyl (C=O) groups is 1. The monoisotopic (exact) mass is 375 g/mol. The lowest BCUT2D eigenvalue weighted by atomic mass is 10.2. The third-order valence-electron chi connectivity index (χ3n) is 3.64. The van der Waals surface area contributed by atoms with Gasteiger partial charge in [-0.15, -0.1) is 11.3 Å². The third-order valence-corrected chi connectivity index (χ3v) is 5.53. The van der Waals surface area contributed by atoms with Crippen molar-refractivity contribution in [2.45, 2.75) is 6.54 Å². The molecule has 4 aromatic rings. The highest BCUT2D eigenvalue weighted by atomic mass is 35.5. The van der Waals surface area contributed by atoms with Crippen molar-refractivity contribution in [3.63, 3.8) is 0 Å². The van der Waals surface area contributed by atoms with Crippen LogP contribution in [0.25, 0.3) is 15.7 Å². The van der Waals surface area contributed by atoms with Crippen LogP contribution in [-0.4, -0.2) is 15.3 Å². The van der Waals surface area contributed by atoms with Crippen LogP contribution < -0.4 is 5.32 Å². The van der Waals surface area contributed by atoms with Gasteiger partial charge in [-0.3, -0.25) is 4.79 Å². The smallest absolute Gasteiger partial charge is 0.263 e. The van der Waals surface area contributed by atoms with Crippen LogP contribution in [0.15, 0.2) is 48.8 Å². The van der Waals surface area contributed by atoms with E-state index in [1.165, 1.54) is 11.3 Å². The van der Waals surface area contributed by atoms with Gasteiger partial charge in [0.15, 0.2) is 0 Å². The van der Waals surface area contributed by atoms with E-state index in [2.05, 4.69) is 10.3 Å². The van der Waals surface area contributed by atoms with Crippen molar-refractivity contribution < 1.29 is 4.79 Å². The zero-order chi connectivity index (χ0) is 16.7. The van der Waals surface area contributed by atoms with Crippen LogP contribution in [0.5, 0.6) is 0 Å². The quantitative estimate of drug-likeness (QED) is 0.559. The Balaban J connectivity index is 1.55. The summed E-state index contributed by atoms with van der Waals surface area (Å²) in [5, 5.41) is 4.90. The maximum Gasteiger partial charge on any atom is 0.263 e. The number of hydrogen-bond donors (Lipinski definition) is 1. The molecule has 0 unspecified atom stereocenters. The van der Waals surface area contributed by atoms with Gasteiger partial charge in [-0.2, -0.15) is 0 Å². The molecule has 0 bridgehead atoms. The van der Waals surface area contributed by atoms with E-state index in [-0.39, 0.29) is 5.91 Å². The number of benzene rings is 1. The number of rotatable bonds is 3. The summed E-state index contributed by atoms with van der Waals surface area (Å²) < 4.78 is 2.82. The predicted molar refractivity (Wildman–Crippen MR) is 98.2 cm³/mol. The maximum atomic E-state index is 12.4. The number of halogens is 2. The minimum atomic E-state index is -0.198. The van der Waals surface area contributed by atoms with E-state index >= 15 is 0 Å². The molecule has 0 aliphatic rings. The molecule has 0 spiro atoms. The molecule has 1 amide bonds. The Labute approximate surface area is 151 Å². The second kappa shape index (κ2) is 6.09. The normalized spacial score (nSPS) is 11.2. The second-order valence-corrected chi connectivity index (χ2v) is 7.14. The zero-order valence-electron chi connectivity index (χ0n) is 12.3. The van der Waals surface area contributed by atoms with Gasteiger partial charge in [0.2, 0.25) is 0 Å². The van der Waals surface area contributed by atoms with Crippen molar-refractivity contribution in [3.8, 4) is 0 Å². The average molecular weight is 376 g/mol. The number of hydrogen-bond acceptors (Lipinski definition) is 3. The Kier molecular flexibility index (Phi) is 3.92. The fourth-order valence-corrected chi connectivity index (χ4v) is 4.12. The van der Waals surface area contributed by atoms with Gasteiger partial charge in [0.05, 0.1) is 22.3 Å². The molecule has 0 radical (unpaired) electrons. The lowest BCUT2D eigenvalue weighted by Gasteiger charge is -2.01. The lowest BCUT2D eigenvalue weighted by molar-refractivity contribution is 0.0954. The number of aromatic nitrogens is 2. The van der Waals surface area contributed by atoms with Crippen LogP contribution >= 0.6 is 34.5 Å². The molecule has 120 valence electrons. The molecule has 3 aromatic heterocycles. The van der Waals surface area contributed by atoms with Gasteiger partial charge in [0.1, 0.15) is 10.5 Å². The van der Waals surface area contributed by atoms with E-state index in [0.29, 0.717) is 21.5 Å². The number of imidazole rings is 1.